The molecule has 0 aliphatic carbocycles. The van der Waals surface area contributed by atoms with Crippen molar-refractivity contribution in [1.29, 1.82) is 0 Å². The highest BCUT2D eigenvalue weighted by atomic mass is 16.5. The number of hydrogen-bond donors (Lipinski definition) is 2. The van der Waals surface area contributed by atoms with Gasteiger partial charge in [-0.15, -0.1) is 0 Å². The van der Waals surface area contributed by atoms with Gasteiger partial charge in [0.25, 0.3) is 5.91 Å². The number of nitrogens with one attached hydrogen (secondary N) is 1. The molecule has 1 aliphatic rings. The van der Waals surface area contributed by atoms with Gasteiger partial charge in [0.15, 0.2) is 0 Å². The van der Waals surface area contributed by atoms with Crippen molar-refractivity contribution < 1.29 is 14.3 Å². The number of carbonyl (C=O) groups excluding carboxylic acids is 2. The minimum absolute atomic E-state index is 0.0895. The van der Waals surface area contributed by atoms with Gasteiger partial charge in [-0.05, 0) is 30.0 Å². The number of aryl methyl sites for hydroxylation is 1. The predicted octanol–water partition coefficient (Wildman–Crippen LogP) is 2.02. The number of amides is 2. The van der Waals surface area contributed by atoms with E-state index in [1.165, 1.54) is 0 Å². The van der Waals surface area contributed by atoms with Gasteiger partial charge in [0.05, 0.1) is 12.3 Å². The van der Waals surface area contributed by atoms with Gasteiger partial charge in [-0.3, -0.25) is 9.59 Å². The van der Waals surface area contributed by atoms with E-state index in [-0.39, 0.29) is 11.8 Å². The first-order valence-corrected chi connectivity index (χ1v) is 7.52. The molecule has 0 fully saturated rings. The van der Waals surface area contributed by atoms with E-state index in [9.17, 15) is 9.59 Å². The van der Waals surface area contributed by atoms with Crippen molar-refractivity contribution in [2.24, 2.45) is 12.8 Å². The number of fused-ring (bicyclic) bond motifs is 1. The van der Waals surface area contributed by atoms with Crippen molar-refractivity contribution in [2.75, 3.05) is 11.9 Å². The van der Waals surface area contributed by atoms with Crippen molar-refractivity contribution in [2.45, 2.75) is 18.8 Å². The van der Waals surface area contributed by atoms with Crippen molar-refractivity contribution in [3.63, 3.8) is 0 Å². The Morgan fingerprint density at radius 2 is 2.17 bits per heavy atom. The molecule has 6 nitrogen and oxygen atoms in total. The summed E-state index contributed by atoms with van der Waals surface area (Å²) in [6, 6.07) is 9.39. The largest absolute Gasteiger partial charge is 0.493 e. The van der Waals surface area contributed by atoms with Crippen LogP contribution in [0.5, 0.6) is 5.75 Å². The van der Waals surface area contributed by atoms with Crippen LogP contribution in [0.3, 0.4) is 0 Å². The molecule has 3 N–H and O–H groups in total. The van der Waals surface area contributed by atoms with E-state index in [1.54, 1.807) is 23.9 Å². The highest BCUT2D eigenvalue weighted by Gasteiger charge is 2.23. The van der Waals surface area contributed by atoms with Crippen LogP contribution in [-0.2, 0) is 11.8 Å². The number of rotatable bonds is 4. The molecule has 1 aromatic heterocycles. The van der Waals surface area contributed by atoms with E-state index < -0.39 is 5.91 Å². The maximum absolute atomic E-state index is 12.3. The Morgan fingerprint density at radius 3 is 2.91 bits per heavy atom. The van der Waals surface area contributed by atoms with E-state index in [4.69, 9.17) is 10.5 Å². The van der Waals surface area contributed by atoms with Gasteiger partial charge < -0.3 is 20.4 Å². The van der Waals surface area contributed by atoms with Gasteiger partial charge >= 0.3 is 0 Å². The second-order valence-electron chi connectivity index (χ2n) is 5.71. The fourth-order valence-electron chi connectivity index (χ4n) is 2.94. The number of benzene rings is 1. The molecule has 0 spiro atoms. The fraction of sp³-hybridized carbons (Fsp3) is 0.294. The third-order valence-electron chi connectivity index (χ3n) is 4.06. The Morgan fingerprint density at radius 1 is 1.39 bits per heavy atom. The van der Waals surface area contributed by atoms with Gasteiger partial charge in [-0.25, -0.2) is 0 Å². The molecular formula is C17H19N3O3. The lowest BCUT2D eigenvalue weighted by Gasteiger charge is -2.25. The Hall–Kier alpha value is -2.76. The number of anilines is 1. The van der Waals surface area contributed by atoms with Crippen LogP contribution in [0.15, 0.2) is 36.5 Å². The minimum atomic E-state index is -0.522. The molecule has 1 aromatic carbocycles. The lowest BCUT2D eigenvalue weighted by molar-refractivity contribution is -0.116. The highest BCUT2D eigenvalue weighted by molar-refractivity contribution is 5.96. The van der Waals surface area contributed by atoms with Crippen LogP contribution in [0.4, 0.5) is 5.69 Å². The first kappa shape index (κ1) is 15.1. The molecule has 1 aliphatic heterocycles. The summed E-state index contributed by atoms with van der Waals surface area (Å²) >= 11 is 0. The van der Waals surface area contributed by atoms with Gasteiger partial charge in [0, 0.05) is 19.7 Å². The summed E-state index contributed by atoms with van der Waals surface area (Å²) in [5.41, 5.74) is 7.28. The minimum Gasteiger partial charge on any atom is -0.493 e. The van der Waals surface area contributed by atoms with Gasteiger partial charge in [-0.2, -0.15) is 0 Å². The number of hydrogen-bond acceptors (Lipinski definition) is 3. The van der Waals surface area contributed by atoms with Crippen LogP contribution in [-0.4, -0.2) is 23.0 Å². The number of nitrogens with two attached hydrogens (primary N) is 1. The predicted molar refractivity (Wildman–Crippen MR) is 86.5 cm³/mol. The summed E-state index contributed by atoms with van der Waals surface area (Å²) in [6.07, 6.45) is 2.86. The van der Waals surface area contributed by atoms with Crippen LogP contribution in [0.1, 0.15) is 34.8 Å². The standard InChI is InChI=1S/C17H19N3O3/c1-20-10-12(9-14(20)17(18)22)19-16(21)8-11-6-7-23-15-5-3-2-4-13(11)15/h2-5,9-11H,6-8H2,1H3,(H2,18,22)(H,19,21)/t11-/m0/s1. The molecular weight excluding hydrogens is 294 g/mol. The van der Waals surface area contributed by atoms with Crippen LogP contribution >= 0.6 is 0 Å². The lowest BCUT2D eigenvalue weighted by atomic mass is 9.90. The first-order valence-electron chi connectivity index (χ1n) is 7.52. The normalized spacial score (nSPS) is 16.3. The van der Waals surface area contributed by atoms with Crippen molar-refractivity contribution in [1.82, 2.24) is 4.57 Å². The summed E-state index contributed by atoms with van der Waals surface area (Å²) in [6.45, 7) is 0.617. The third-order valence-corrected chi connectivity index (χ3v) is 4.06. The molecule has 2 heterocycles. The van der Waals surface area contributed by atoms with Crippen LogP contribution in [0.25, 0.3) is 0 Å². The van der Waals surface area contributed by atoms with Gasteiger partial charge in [0.2, 0.25) is 5.91 Å². The van der Waals surface area contributed by atoms with Crippen molar-refractivity contribution >= 4 is 17.5 Å². The molecule has 0 saturated carbocycles. The number of nitrogens with zero attached hydrogens (tertiary/aromatic N) is 1. The number of para-hydroxylation sites is 1. The zero-order chi connectivity index (χ0) is 16.4. The summed E-state index contributed by atoms with van der Waals surface area (Å²) < 4.78 is 7.21. The number of aromatic nitrogens is 1. The van der Waals surface area contributed by atoms with Crippen LogP contribution in [0, 0.1) is 0 Å². The number of primary amides is 1. The second kappa shape index (κ2) is 6.16. The maximum Gasteiger partial charge on any atom is 0.265 e. The zero-order valence-electron chi connectivity index (χ0n) is 12.9. The van der Waals surface area contributed by atoms with Crippen LogP contribution < -0.4 is 15.8 Å². The smallest absolute Gasteiger partial charge is 0.265 e. The molecule has 1 atom stereocenters. The molecule has 6 heteroatoms. The Labute approximate surface area is 134 Å². The van der Waals surface area contributed by atoms with Gasteiger partial charge in [-0.1, -0.05) is 18.2 Å². The zero-order valence-corrected chi connectivity index (χ0v) is 12.9. The number of ether oxygens (including phenoxy) is 1. The van der Waals surface area contributed by atoms with E-state index in [2.05, 4.69) is 5.32 Å². The SMILES string of the molecule is Cn1cc(NC(=O)C[C@@H]2CCOc3ccccc32)cc1C(N)=O. The molecule has 23 heavy (non-hydrogen) atoms. The van der Waals surface area contributed by atoms with E-state index >= 15 is 0 Å². The highest BCUT2D eigenvalue weighted by Crippen LogP contribution is 2.35. The fourth-order valence-corrected chi connectivity index (χ4v) is 2.94. The van der Waals surface area contributed by atoms with Crippen LogP contribution in [0.2, 0.25) is 0 Å². The molecule has 0 unspecified atom stereocenters. The average Bonchev–Trinajstić information content (AvgIpc) is 2.88. The summed E-state index contributed by atoms with van der Waals surface area (Å²) in [7, 11) is 1.71. The second-order valence-corrected chi connectivity index (χ2v) is 5.71. The Bertz CT molecular complexity index is 751. The third kappa shape index (κ3) is 3.21. The van der Waals surface area contributed by atoms with E-state index in [1.807, 2.05) is 24.3 Å². The number of carbonyl (C=O) groups is 2. The maximum atomic E-state index is 12.3. The average molecular weight is 313 g/mol. The van der Waals surface area contributed by atoms with Crippen molar-refractivity contribution in [3.8, 4) is 5.75 Å². The van der Waals surface area contributed by atoms with Crippen molar-refractivity contribution in [3.05, 3.63) is 47.8 Å². The molecule has 2 amide bonds. The molecule has 0 saturated heterocycles. The monoisotopic (exact) mass is 313 g/mol. The molecule has 0 radical (unpaired) electrons. The quantitative estimate of drug-likeness (QED) is 0.905. The van der Waals surface area contributed by atoms with E-state index in [0.717, 1.165) is 17.7 Å². The summed E-state index contributed by atoms with van der Waals surface area (Å²) in [5, 5.41) is 2.83. The topological polar surface area (TPSA) is 86.3 Å². The Balaban J connectivity index is 1.69. The molecule has 0 bridgehead atoms. The summed E-state index contributed by atoms with van der Waals surface area (Å²) in [5.74, 6) is 0.381. The molecule has 3 rings (SSSR count). The Kier molecular flexibility index (Phi) is 4.06. The van der Waals surface area contributed by atoms with Gasteiger partial charge in [0.1, 0.15) is 11.4 Å². The summed E-state index contributed by atoms with van der Waals surface area (Å²) in [4.78, 5) is 23.6. The first-order chi connectivity index (χ1) is 11.0. The van der Waals surface area contributed by atoms with E-state index in [0.29, 0.717) is 24.4 Å². The molecule has 2 aromatic rings. The molecule has 120 valence electrons. The lowest BCUT2D eigenvalue weighted by Crippen LogP contribution is -2.20.